The molecule has 0 spiro atoms. The second kappa shape index (κ2) is 5.95. The summed E-state index contributed by atoms with van der Waals surface area (Å²) in [7, 11) is -3.46. The van der Waals surface area contributed by atoms with Crippen LogP contribution in [0.15, 0.2) is 53.4 Å². The standard InChI is InChI=1S/C15H16ClNO2S/c1-11-3-2-4-12(9-11)15(10-17)20(18,19)14-7-5-13(16)6-8-14/h2-9,15H,10,17H2,1H3/p+1/t15-/m1/s1. The smallest absolute Gasteiger partial charge is 0.190 e. The fraction of sp³-hybridized carbons (Fsp3) is 0.200. The number of aryl methyl sites for hydroxylation is 1. The number of sulfone groups is 1. The number of rotatable bonds is 4. The number of halogens is 1. The van der Waals surface area contributed by atoms with Crippen molar-refractivity contribution < 1.29 is 14.2 Å². The summed E-state index contributed by atoms with van der Waals surface area (Å²) >= 11 is 5.81. The van der Waals surface area contributed by atoms with E-state index in [9.17, 15) is 8.42 Å². The molecule has 0 aliphatic carbocycles. The zero-order valence-corrected chi connectivity index (χ0v) is 12.8. The zero-order valence-electron chi connectivity index (χ0n) is 11.2. The van der Waals surface area contributed by atoms with Crippen molar-refractivity contribution in [2.45, 2.75) is 17.1 Å². The predicted octanol–water partition coefficient (Wildman–Crippen LogP) is 2.41. The van der Waals surface area contributed by atoms with E-state index in [0.29, 0.717) is 5.02 Å². The van der Waals surface area contributed by atoms with E-state index >= 15 is 0 Å². The van der Waals surface area contributed by atoms with Gasteiger partial charge in [0.25, 0.3) is 0 Å². The largest absolute Gasteiger partial charge is 0.356 e. The SMILES string of the molecule is Cc1cccc([C@@H](C[NH3+])S(=O)(=O)c2ccc(Cl)cc2)c1. The lowest BCUT2D eigenvalue weighted by atomic mass is 10.1. The van der Waals surface area contributed by atoms with Crippen LogP contribution in [0, 0.1) is 6.92 Å². The molecule has 0 radical (unpaired) electrons. The lowest BCUT2D eigenvalue weighted by molar-refractivity contribution is -0.367. The fourth-order valence-electron chi connectivity index (χ4n) is 2.16. The minimum atomic E-state index is -3.46. The Hall–Kier alpha value is -1.36. The first-order chi connectivity index (χ1) is 9.45. The molecule has 0 saturated carbocycles. The second-order valence-electron chi connectivity index (χ2n) is 4.69. The van der Waals surface area contributed by atoms with E-state index in [0.717, 1.165) is 11.1 Å². The van der Waals surface area contributed by atoms with Crippen LogP contribution in [0.2, 0.25) is 5.02 Å². The van der Waals surface area contributed by atoms with Crippen LogP contribution in [0.5, 0.6) is 0 Å². The highest BCUT2D eigenvalue weighted by atomic mass is 35.5. The Bertz CT molecular complexity index is 696. The summed E-state index contributed by atoms with van der Waals surface area (Å²) in [6, 6.07) is 13.8. The van der Waals surface area contributed by atoms with Crippen LogP contribution in [0.25, 0.3) is 0 Å². The zero-order chi connectivity index (χ0) is 14.8. The van der Waals surface area contributed by atoms with E-state index in [1.54, 1.807) is 12.1 Å². The summed E-state index contributed by atoms with van der Waals surface area (Å²) in [4.78, 5) is 0.275. The quantitative estimate of drug-likeness (QED) is 0.942. The van der Waals surface area contributed by atoms with Gasteiger partial charge < -0.3 is 5.73 Å². The van der Waals surface area contributed by atoms with Crippen LogP contribution >= 0.6 is 11.6 Å². The van der Waals surface area contributed by atoms with Crippen molar-refractivity contribution in [1.29, 1.82) is 0 Å². The van der Waals surface area contributed by atoms with Gasteiger partial charge in [-0.05, 0) is 36.8 Å². The normalized spacial score (nSPS) is 13.2. The van der Waals surface area contributed by atoms with E-state index in [1.807, 2.05) is 31.2 Å². The van der Waals surface area contributed by atoms with Crippen molar-refractivity contribution in [3.8, 4) is 0 Å². The number of quaternary nitrogens is 1. The van der Waals surface area contributed by atoms with Gasteiger partial charge in [0.1, 0.15) is 5.25 Å². The maximum absolute atomic E-state index is 12.7. The Balaban J connectivity index is 2.47. The average molecular weight is 311 g/mol. The van der Waals surface area contributed by atoms with Gasteiger partial charge in [-0.15, -0.1) is 0 Å². The van der Waals surface area contributed by atoms with Crippen molar-refractivity contribution in [3.63, 3.8) is 0 Å². The molecule has 3 N–H and O–H groups in total. The first-order valence-electron chi connectivity index (χ1n) is 6.30. The van der Waals surface area contributed by atoms with Crippen LogP contribution in [0.3, 0.4) is 0 Å². The Morgan fingerprint density at radius 3 is 2.35 bits per heavy atom. The predicted molar refractivity (Wildman–Crippen MR) is 80.3 cm³/mol. The molecule has 2 rings (SSSR count). The summed E-state index contributed by atoms with van der Waals surface area (Å²) < 4.78 is 25.4. The molecule has 0 saturated heterocycles. The van der Waals surface area contributed by atoms with E-state index in [2.05, 4.69) is 5.73 Å². The molecule has 0 fully saturated rings. The molecule has 2 aromatic rings. The van der Waals surface area contributed by atoms with Crippen molar-refractivity contribution >= 4 is 21.4 Å². The summed E-state index contributed by atoms with van der Waals surface area (Å²) in [6.07, 6.45) is 0. The van der Waals surface area contributed by atoms with E-state index in [4.69, 9.17) is 11.6 Å². The molecule has 0 unspecified atom stereocenters. The molecule has 106 valence electrons. The Kier molecular flexibility index (Phi) is 4.48. The van der Waals surface area contributed by atoms with Gasteiger partial charge in [-0.2, -0.15) is 0 Å². The number of benzene rings is 2. The summed E-state index contributed by atoms with van der Waals surface area (Å²) in [6.45, 7) is 2.23. The van der Waals surface area contributed by atoms with Crippen molar-refractivity contribution in [2.24, 2.45) is 0 Å². The lowest BCUT2D eigenvalue weighted by Gasteiger charge is -2.15. The molecule has 1 atom stereocenters. The van der Waals surface area contributed by atoms with Gasteiger partial charge >= 0.3 is 0 Å². The second-order valence-corrected chi connectivity index (χ2v) is 7.26. The Labute approximate surface area is 124 Å². The average Bonchev–Trinajstić information content (AvgIpc) is 2.40. The highest BCUT2D eigenvalue weighted by molar-refractivity contribution is 7.91. The third-order valence-corrected chi connectivity index (χ3v) is 5.63. The van der Waals surface area contributed by atoms with Gasteiger partial charge in [-0.3, -0.25) is 0 Å². The third kappa shape index (κ3) is 3.03. The van der Waals surface area contributed by atoms with Crippen LogP contribution in [-0.4, -0.2) is 15.0 Å². The molecule has 5 heteroatoms. The molecule has 20 heavy (non-hydrogen) atoms. The van der Waals surface area contributed by atoms with Crippen molar-refractivity contribution in [3.05, 3.63) is 64.7 Å². The maximum Gasteiger partial charge on any atom is 0.190 e. The molecule has 0 bridgehead atoms. The van der Waals surface area contributed by atoms with Crippen molar-refractivity contribution in [1.82, 2.24) is 0 Å². The first kappa shape index (κ1) is 15.0. The Morgan fingerprint density at radius 1 is 1.15 bits per heavy atom. The van der Waals surface area contributed by atoms with Crippen LogP contribution in [0.4, 0.5) is 0 Å². The lowest BCUT2D eigenvalue weighted by Crippen LogP contribution is -2.54. The molecule has 0 aliphatic rings. The van der Waals surface area contributed by atoms with Gasteiger partial charge in [0, 0.05) is 5.02 Å². The molecule has 0 aromatic heterocycles. The van der Waals surface area contributed by atoms with E-state index in [1.165, 1.54) is 12.1 Å². The minimum Gasteiger partial charge on any atom is -0.356 e. The summed E-state index contributed by atoms with van der Waals surface area (Å²) in [5.74, 6) is 0. The molecular formula is C15H17ClNO2S+. The third-order valence-electron chi connectivity index (χ3n) is 3.19. The Morgan fingerprint density at radius 2 is 1.80 bits per heavy atom. The van der Waals surface area contributed by atoms with Gasteiger partial charge in [0.15, 0.2) is 9.84 Å². The van der Waals surface area contributed by atoms with Gasteiger partial charge in [-0.25, -0.2) is 8.42 Å². The number of hydrogen-bond acceptors (Lipinski definition) is 2. The van der Waals surface area contributed by atoms with Gasteiger partial charge in [0.05, 0.1) is 11.4 Å². The molecule has 3 nitrogen and oxygen atoms in total. The topological polar surface area (TPSA) is 61.8 Å². The highest BCUT2D eigenvalue weighted by Crippen LogP contribution is 2.28. The highest BCUT2D eigenvalue weighted by Gasteiger charge is 2.29. The molecule has 0 aliphatic heterocycles. The number of hydrogen-bond donors (Lipinski definition) is 1. The fourth-order valence-corrected chi connectivity index (χ4v) is 3.95. The maximum atomic E-state index is 12.7. The minimum absolute atomic E-state index is 0.275. The van der Waals surface area contributed by atoms with Gasteiger partial charge in [-0.1, -0.05) is 41.4 Å². The van der Waals surface area contributed by atoms with Crippen LogP contribution in [-0.2, 0) is 9.84 Å². The van der Waals surface area contributed by atoms with Crippen LogP contribution in [0.1, 0.15) is 16.4 Å². The van der Waals surface area contributed by atoms with Crippen molar-refractivity contribution in [2.75, 3.05) is 6.54 Å². The molecular weight excluding hydrogens is 294 g/mol. The van der Waals surface area contributed by atoms with Crippen LogP contribution < -0.4 is 5.73 Å². The summed E-state index contributed by atoms with van der Waals surface area (Å²) in [5, 5.41) is -0.116. The van der Waals surface area contributed by atoms with E-state index in [-0.39, 0.29) is 11.4 Å². The van der Waals surface area contributed by atoms with E-state index < -0.39 is 15.1 Å². The molecule has 2 aromatic carbocycles. The first-order valence-corrected chi connectivity index (χ1v) is 8.23. The van der Waals surface area contributed by atoms with Gasteiger partial charge in [0.2, 0.25) is 0 Å². The molecule has 0 amide bonds. The summed E-state index contributed by atoms with van der Waals surface area (Å²) in [5.41, 5.74) is 5.60. The molecule has 0 heterocycles. The monoisotopic (exact) mass is 310 g/mol.